The number of aliphatic hydroxyl groups is 1. The monoisotopic (exact) mass is 377 g/mol. The number of alkyl halides is 5. The summed E-state index contributed by atoms with van der Waals surface area (Å²) in [7, 11) is 1.14. The van der Waals surface area contributed by atoms with Gasteiger partial charge >= 0.3 is 12.1 Å². The topological polar surface area (TPSA) is 72.6 Å². The van der Waals surface area contributed by atoms with Gasteiger partial charge < -0.3 is 9.84 Å². The van der Waals surface area contributed by atoms with Crippen LogP contribution in [0.15, 0.2) is 48.5 Å². The molecular formula is C16H12F5NO4. The van der Waals surface area contributed by atoms with Gasteiger partial charge in [-0.1, -0.05) is 24.3 Å². The predicted molar refractivity (Wildman–Crippen MR) is 80.1 cm³/mol. The van der Waals surface area contributed by atoms with Crippen LogP contribution in [-0.2, 0) is 5.60 Å². The van der Waals surface area contributed by atoms with Gasteiger partial charge in [-0.3, -0.25) is 10.1 Å². The van der Waals surface area contributed by atoms with E-state index in [4.69, 9.17) is 4.74 Å². The van der Waals surface area contributed by atoms with E-state index in [0.29, 0.717) is 6.07 Å². The molecule has 0 bridgehead atoms. The van der Waals surface area contributed by atoms with E-state index in [-0.39, 0.29) is 5.75 Å². The van der Waals surface area contributed by atoms with E-state index < -0.39 is 39.4 Å². The Morgan fingerprint density at radius 3 is 2.19 bits per heavy atom. The highest BCUT2D eigenvalue weighted by atomic mass is 19.4. The van der Waals surface area contributed by atoms with Crippen molar-refractivity contribution in [2.75, 3.05) is 7.11 Å². The van der Waals surface area contributed by atoms with Crippen LogP contribution in [0.5, 0.6) is 5.75 Å². The Balaban J connectivity index is 2.90. The van der Waals surface area contributed by atoms with Crippen molar-refractivity contribution in [1.82, 2.24) is 0 Å². The standard InChI is InChI=1S/C16H12F5NO4/c1-26-11-6-4-5-10(9-11)14(23,15(17,18)16(19,20)21)12-7-2-3-8-13(12)22(24)25/h2-9,23H,1H3. The van der Waals surface area contributed by atoms with E-state index >= 15 is 0 Å². The molecule has 0 fully saturated rings. The van der Waals surface area contributed by atoms with Gasteiger partial charge in [0.2, 0.25) is 0 Å². The van der Waals surface area contributed by atoms with Crippen molar-refractivity contribution < 1.29 is 36.7 Å². The van der Waals surface area contributed by atoms with Gasteiger partial charge in [0.25, 0.3) is 5.69 Å². The van der Waals surface area contributed by atoms with E-state index in [2.05, 4.69) is 0 Å². The first kappa shape index (κ1) is 19.6. The Morgan fingerprint density at radius 1 is 1.04 bits per heavy atom. The minimum atomic E-state index is -6.19. The first-order valence-corrected chi connectivity index (χ1v) is 7.02. The van der Waals surface area contributed by atoms with E-state index in [9.17, 15) is 37.2 Å². The van der Waals surface area contributed by atoms with Gasteiger partial charge in [-0.25, -0.2) is 0 Å². The number of nitro benzene ring substituents is 1. The lowest BCUT2D eigenvalue weighted by Gasteiger charge is -2.37. The summed E-state index contributed by atoms with van der Waals surface area (Å²) in [6.45, 7) is 0. The minimum Gasteiger partial charge on any atom is -0.497 e. The van der Waals surface area contributed by atoms with E-state index in [1.165, 1.54) is 6.07 Å². The maximum Gasteiger partial charge on any atom is 0.457 e. The van der Waals surface area contributed by atoms with Crippen LogP contribution < -0.4 is 4.74 Å². The number of rotatable bonds is 5. The van der Waals surface area contributed by atoms with Gasteiger partial charge in [0.15, 0.2) is 5.60 Å². The molecule has 2 aromatic rings. The maximum absolute atomic E-state index is 14.4. The van der Waals surface area contributed by atoms with E-state index in [0.717, 1.165) is 43.5 Å². The predicted octanol–water partition coefficient (Wildman–Crippen LogP) is 4.04. The highest BCUT2D eigenvalue weighted by Gasteiger charge is 2.72. The molecule has 1 unspecified atom stereocenters. The lowest BCUT2D eigenvalue weighted by molar-refractivity contribution is -0.389. The van der Waals surface area contributed by atoms with Crippen molar-refractivity contribution in [1.29, 1.82) is 0 Å². The summed E-state index contributed by atoms with van der Waals surface area (Å²) in [6, 6.07) is 7.38. The number of nitro groups is 1. The molecular weight excluding hydrogens is 365 g/mol. The Kier molecular flexibility index (Phi) is 4.91. The molecule has 2 rings (SSSR count). The molecule has 5 nitrogen and oxygen atoms in total. The van der Waals surface area contributed by atoms with Crippen LogP contribution in [0.2, 0.25) is 0 Å². The van der Waals surface area contributed by atoms with Gasteiger partial charge in [0.1, 0.15) is 5.75 Å². The van der Waals surface area contributed by atoms with Crippen molar-refractivity contribution in [2.24, 2.45) is 0 Å². The second-order valence-electron chi connectivity index (χ2n) is 5.29. The zero-order chi connectivity index (χ0) is 19.8. The second kappa shape index (κ2) is 6.52. The number of para-hydroxylation sites is 1. The summed E-state index contributed by atoms with van der Waals surface area (Å²) >= 11 is 0. The molecule has 0 aliphatic heterocycles. The molecule has 2 aromatic carbocycles. The van der Waals surface area contributed by atoms with Crippen molar-refractivity contribution in [3.05, 3.63) is 69.8 Å². The second-order valence-corrected chi connectivity index (χ2v) is 5.29. The van der Waals surface area contributed by atoms with Crippen molar-refractivity contribution in [3.8, 4) is 5.75 Å². The molecule has 0 heterocycles. The Labute approximate surface area is 143 Å². The summed E-state index contributed by atoms with van der Waals surface area (Å²) in [5, 5.41) is 21.8. The van der Waals surface area contributed by atoms with E-state index in [1.54, 1.807) is 0 Å². The SMILES string of the molecule is COc1cccc(C(O)(c2ccccc2[N+](=O)[O-])C(F)(F)C(F)(F)F)c1. The largest absolute Gasteiger partial charge is 0.497 e. The van der Waals surface area contributed by atoms with Crippen molar-refractivity contribution >= 4 is 5.69 Å². The zero-order valence-corrected chi connectivity index (χ0v) is 13.1. The van der Waals surface area contributed by atoms with Gasteiger partial charge in [0, 0.05) is 6.07 Å². The summed E-state index contributed by atoms with van der Waals surface area (Å²) < 4.78 is 72.9. The third-order valence-corrected chi connectivity index (χ3v) is 3.79. The number of halogens is 5. The third kappa shape index (κ3) is 2.96. The van der Waals surface area contributed by atoms with Gasteiger partial charge in [0.05, 0.1) is 17.6 Å². The average Bonchev–Trinajstić information content (AvgIpc) is 2.59. The van der Waals surface area contributed by atoms with Crippen LogP contribution in [-0.4, -0.2) is 29.2 Å². The Morgan fingerprint density at radius 2 is 1.65 bits per heavy atom. The molecule has 0 saturated heterocycles. The lowest BCUT2D eigenvalue weighted by Crippen LogP contribution is -2.55. The molecule has 0 radical (unpaired) electrons. The highest BCUT2D eigenvalue weighted by Crippen LogP contribution is 2.53. The summed E-state index contributed by atoms with van der Waals surface area (Å²) in [5.74, 6) is -5.85. The van der Waals surface area contributed by atoms with Crippen LogP contribution in [0.3, 0.4) is 0 Å². The smallest absolute Gasteiger partial charge is 0.457 e. The number of nitrogens with zero attached hydrogens (tertiary/aromatic N) is 1. The quantitative estimate of drug-likeness (QED) is 0.485. The fourth-order valence-corrected chi connectivity index (χ4v) is 2.50. The molecule has 26 heavy (non-hydrogen) atoms. The normalized spacial score (nSPS) is 14.6. The molecule has 0 amide bonds. The molecule has 140 valence electrons. The van der Waals surface area contributed by atoms with Gasteiger partial charge in [-0.15, -0.1) is 0 Å². The van der Waals surface area contributed by atoms with Crippen LogP contribution in [0.25, 0.3) is 0 Å². The average molecular weight is 377 g/mol. The summed E-state index contributed by atoms with van der Waals surface area (Å²) in [5.41, 5.74) is -7.24. The maximum atomic E-state index is 14.4. The molecule has 10 heteroatoms. The molecule has 0 aromatic heterocycles. The molecule has 0 aliphatic carbocycles. The number of hydrogen-bond acceptors (Lipinski definition) is 4. The fourth-order valence-electron chi connectivity index (χ4n) is 2.50. The van der Waals surface area contributed by atoms with E-state index in [1.807, 2.05) is 0 Å². The van der Waals surface area contributed by atoms with Crippen LogP contribution >= 0.6 is 0 Å². The lowest BCUT2D eigenvalue weighted by atomic mass is 9.79. The number of ether oxygens (including phenoxy) is 1. The molecule has 1 N–H and O–H groups in total. The van der Waals surface area contributed by atoms with Gasteiger partial charge in [-0.05, 0) is 23.8 Å². The van der Waals surface area contributed by atoms with Crippen LogP contribution in [0, 0.1) is 10.1 Å². The summed E-state index contributed by atoms with van der Waals surface area (Å²) in [4.78, 5) is 10.00. The molecule has 0 spiro atoms. The molecule has 0 aliphatic rings. The highest BCUT2D eigenvalue weighted by molar-refractivity contribution is 5.52. The summed E-state index contributed by atoms with van der Waals surface area (Å²) in [6.07, 6.45) is -6.19. The third-order valence-electron chi connectivity index (χ3n) is 3.79. The Hall–Kier alpha value is -2.75. The minimum absolute atomic E-state index is 0.113. The van der Waals surface area contributed by atoms with Crippen molar-refractivity contribution in [3.63, 3.8) is 0 Å². The first-order valence-electron chi connectivity index (χ1n) is 7.02. The zero-order valence-electron chi connectivity index (χ0n) is 13.1. The first-order chi connectivity index (χ1) is 12.0. The Bertz CT molecular complexity index is 824. The van der Waals surface area contributed by atoms with Crippen LogP contribution in [0.4, 0.5) is 27.6 Å². The number of methoxy groups -OCH3 is 1. The van der Waals surface area contributed by atoms with Gasteiger partial charge in [-0.2, -0.15) is 22.0 Å². The number of benzene rings is 2. The molecule has 0 saturated carbocycles. The molecule has 1 atom stereocenters. The number of hydrogen-bond donors (Lipinski definition) is 1. The van der Waals surface area contributed by atoms with Crippen LogP contribution in [0.1, 0.15) is 11.1 Å². The fraction of sp³-hybridized carbons (Fsp3) is 0.250. The van der Waals surface area contributed by atoms with Crippen molar-refractivity contribution in [2.45, 2.75) is 17.7 Å².